The number of nitrogens with one attached hydrogen (secondary N) is 2. The molecule has 1 aromatic heterocycles. The Balaban J connectivity index is 1.69. The van der Waals surface area contributed by atoms with Gasteiger partial charge in [0.05, 0.1) is 38.1 Å². The van der Waals surface area contributed by atoms with Gasteiger partial charge in [0.15, 0.2) is 0 Å². The molecule has 1 aliphatic rings. The third-order valence-electron chi connectivity index (χ3n) is 4.92. The third-order valence-corrected chi connectivity index (χ3v) is 4.92. The van der Waals surface area contributed by atoms with Crippen LogP contribution in [0.2, 0.25) is 0 Å². The molecule has 2 N–H and O–H groups in total. The molecule has 0 bridgehead atoms. The minimum absolute atomic E-state index is 0.118. The minimum Gasteiger partial charge on any atom is -0.497 e. The summed E-state index contributed by atoms with van der Waals surface area (Å²) < 4.78 is 10.7. The first-order chi connectivity index (χ1) is 13.5. The highest BCUT2D eigenvalue weighted by molar-refractivity contribution is 5.96. The van der Waals surface area contributed by atoms with Gasteiger partial charge in [-0.3, -0.25) is 14.7 Å². The van der Waals surface area contributed by atoms with Crippen molar-refractivity contribution >= 4 is 17.5 Å². The van der Waals surface area contributed by atoms with E-state index in [-0.39, 0.29) is 24.3 Å². The van der Waals surface area contributed by atoms with Gasteiger partial charge in [-0.1, -0.05) is 6.92 Å². The number of H-pyrrole nitrogens is 1. The second kappa shape index (κ2) is 8.88. The highest BCUT2D eigenvalue weighted by atomic mass is 16.5. The number of aromatic amines is 1. The second-order valence-corrected chi connectivity index (χ2v) is 6.78. The van der Waals surface area contributed by atoms with E-state index in [9.17, 15) is 9.59 Å². The predicted octanol–water partition coefficient (Wildman–Crippen LogP) is 2.16. The average molecular weight is 386 g/mol. The van der Waals surface area contributed by atoms with E-state index in [1.807, 2.05) is 26.0 Å². The molecular formula is C20H26N4O4. The van der Waals surface area contributed by atoms with Crippen molar-refractivity contribution in [3.05, 3.63) is 41.2 Å². The van der Waals surface area contributed by atoms with Crippen LogP contribution in [0.4, 0.5) is 5.69 Å². The molecule has 28 heavy (non-hydrogen) atoms. The van der Waals surface area contributed by atoms with Crippen LogP contribution < -0.4 is 10.1 Å². The van der Waals surface area contributed by atoms with Crippen LogP contribution in [0.1, 0.15) is 35.0 Å². The van der Waals surface area contributed by atoms with E-state index in [1.165, 1.54) is 0 Å². The molecule has 1 atom stereocenters. The summed E-state index contributed by atoms with van der Waals surface area (Å²) in [5, 5.41) is 9.76. The van der Waals surface area contributed by atoms with Crippen molar-refractivity contribution in [1.82, 2.24) is 15.1 Å². The Morgan fingerprint density at radius 3 is 2.96 bits per heavy atom. The monoisotopic (exact) mass is 386 g/mol. The Kier molecular flexibility index (Phi) is 6.30. The average Bonchev–Trinajstić information content (AvgIpc) is 3.18. The number of methoxy groups -OCH3 is 1. The standard InChI is InChI=1S/C20H26N4O4/c1-4-17-16(11-21-23-17)20(26)24-7-8-28-12-14(24)10-19(25)22-18-6-5-15(27-3)9-13(18)2/h5-6,9,11,14H,4,7-8,10,12H2,1-3H3,(H,21,23)(H,22,25). The Bertz CT molecular complexity index is 848. The Labute approximate surface area is 164 Å². The molecule has 0 aliphatic carbocycles. The highest BCUT2D eigenvalue weighted by Crippen LogP contribution is 2.22. The van der Waals surface area contributed by atoms with Crippen molar-refractivity contribution in [3.8, 4) is 5.75 Å². The fourth-order valence-corrected chi connectivity index (χ4v) is 3.33. The summed E-state index contributed by atoms with van der Waals surface area (Å²) >= 11 is 0. The molecule has 0 spiro atoms. The highest BCUT2D eigenvalue weighted by Gasteiger charge is 2.31. The first-order valence-corrected chi connectivity index (χ1v) is 9.39. The first-order valence-electron chi connectivity index (χ1n) is 9.39. The van der Waals surface area contributed by atoms with Gasteiger partial charge < -0.3 is 19.7 Å². The number of amides is 2. The zero-order valence-corrected chi connectivity index (χ0v) is 16.4. The number of aryl methyl sites for hydroxylation is 2. The summed E-state index contributed by atoms with van der Waals surface area (Å²) in [4.78, 5) is 27.3. The quantitative estimate of drug-likeness (QED) is 0.793. The second-order valence-electron chi connectivity index (χ2n) is 6.78. The fraction of sp³-hybridized carbons (Fsp3) is 0.450. The maximum Gasteiger partial charge on any atom is 0.257 e. The SMILES string of the molecule is CCc1[nH]ncc1C(=O)N1CCOCC1CC(=O)Nc1ccc(OC)cc1C. The van der Waals surface area contributed by atoms with E-state index in [0.29, 0.717) is 31.7 Å². The van der Waals surface area contributed by atoms with Crippen molar-refractivity contribution in [2.45, 2.75) is 32.7 Å². The van der Waals surface area contributed by atoms with Crippen molar-refractivity contribution in [1.29, 1.82) is 0 Å². The maximum absolute atomic E-state index is 13.0. The number of nitrogens with zero attached hydrogens (tertiary/aromatic N) is 2. The zero-order chi connectivity index (χ0) is 20.1. The number of hydrogen-bond donors (Lipinski definition) is 2. The summed E-state index contributed by atoms with van der Waals surface area (Å²) in [6.07, 6.45) is 2.40. The van der Waals surface area contributed by atoms with Gasteiger partial charge in [-0.15, -0.1) is 0 Å². The molecule has 1 aromatic carbocycles. The lowest BCUT2D eigenvalue weighted by atomic mass is 10.1. The van der Waals surface area contributed by atoms with Crippen molar-refractivity contribution < 1.29 is 19.1 Å². The van der Waals surface area contributed by atoms with Crippen molar-refractivity contribution in [2.24, 2.45) is 0 Å². The van der Waals surface area contributed by atoms with Gasteiger partial charge in [-0.05, 0) is 37.1 Å². The normalized spacial score (nSPS) is 16.7. The molecule has 2 heterocycles. The number of rotatable bonds is 6. The van der Waals surface area contributed by atoms with E-state index in [2.05, 4.69) is 15.5 Å². The van der Waals surface area contributed by atoms with E-state index in [4.69, 9.17) is 9.47 Å². The van der Waals surface area contributed by atoms with E-state index >= 15 is 0 Å². The number of morpholine rings is 1. The smallest absolute Gasteiger partial charge is 0.257 e. The summed E-state index contributed by atoms with van der Waals surface area (Å²) in [7, 11) is 1.60. The Morgan fingerprint density at radius 1 is 1.43 bits per heavy atom. The Hall–Kier alpha value is -2.87. The van der Waals surface area contributed by atoms with Crippen LogP contribution in [0.25, 0.3) is 0 Å². The molecule has 1 aliphatic heterocycles. The molecule has 1 fully saturated rings. The van der Waals surface area contributed by atoms with Crippen LogP contribution in [-0.2, 0) is 16.0 Å². The number of carbonyl (C=O) groups is 2. The van der Waals surface area contributed by atoms with Crippen LogP contribution in [0.3, 0.4) is 0 Å². The lowest BCUT2D eigenvalue weighted by Crippen LogP contribution is -2.50. The lowest BCUT2D eigenvalue weighted by Gasteiger charge is -2.35. The minimum atomic E-state index is -0.320. The predicted molar refractivity (Wildman–Crippen MR) is 105 cm³/mol. The van der Waals surface area contributed by atoms with Gasteiger partial charge >= 0.3 is 0 Å². The maximum atomic E-state index is 13.0. The molecular weight excluding hydrogens is 360 g/mol. The van der Waals surface area contributed by atoms with Gasteiger partial charge in [0.25, 0.3) is 5.91 Å². The molecule has 0 saturated carbocycles. The molecule has 2 amide bonds. The number of anilines is 1. The van der Waals surface area contributed by atoms with Crippen LogP contribution in [-0.4, -0.2) is 59.8 Å². The largest absolute Gasteiger partial charge is 0.497 e. The van der Waals surface area contributed by atoms with Crippen LogP contribution in [0.15, 0.2) is 24.4 Å². The van der Waals surface area contributed by atoms with Crippen LogP contribution in [0.5, 0.6) is 5.75 Å². The topological polar surface area (TPSA) is 96.5 Å². The van der Waals surface area contributed by atoms with Crippen molar-refractivity contribution in [3.63, 3.8) is 0 Å². The van der Waals surface area contributed by atoms with Gasteiger partial charge in [0.2, 0.25) is 5.91 Å². The van der Waals surface area contributed by atoms with Crippen LogP contribution >= 0.6 is 0 Å². The van der Waals surface area contributed by atoms with E-state index in [0.717, 1.165) is 22.7 Å². The summed E-state index contributed by atoms with van der Waals surface area (Å²) in [6.45, 7) is 5.11. The molecule has 8 heteroatoms. The molecule has 0 radical (unpaired) electrons. The van der Waals surface area contributed by atoms with Crippen LogP contribution in [0, 0.1) is 6.92 Å². The summed E-state index contributed by atoms with van der Waals surface area (Å²) in [5.74, 6) is 0.455. The first kappa shape index (κ1) is 19.9. The number of ether oxygens (including phenoxy) is 2. The lowest BCUT2D eigenvalue weighted by molar-refractivity contribution is -0.118. The van der Waals surface area contributed by atoms with E-state index in [1.54, 1.807) is 24.3 Å². The van der Waals surface area contributed by atoms with Gasteiger partial charge in [-0.25, -0.2) is 0 Å². The van der Waals surface area contributed by atoms with Gasteiger partial charge in [0.1, 0.15) is 5.75 Å². The fourth-order valence-electron chi connectivity index (χ4n) is 3.33. The summed E-state index contributed by atoms with van der Waals surface area (Å²) in [5.41, 5.74) is 2.99. The molecule has 150 valence electrons. The number of aromatic nitrogens is 2. The third kappa shape index (κ3) is 4.33. The van der Waals surface area contributed by atoms with Crippen molar-refractivity contribution in [2.75, 3.05) is 32.2 Å². The van der Waals surface area contributed by atoms with E-state index < -0.39 is 0 Å². The molecule has 3 rings (SSSR count). The summed E-state index contributed by atoms with van der Waals surface area (Å²) in [6, 6.07) is 5.15. The number of carbonyl (C=O) groups excluding carboxylic acids is 2. The molecule has 1 saturated heterocycles. The zero-order valence-electron chi connectivity index (χ0n) is 16.4. The molecule has 1 unspecified atom stereocenters. The number of benzene rings is 1. The van der Waals surface area contributed by atoms with Gasteiger partial charge in [0, 0.05) is 24.3 Å². The number of hydrogen-bond acceptors (Lipinski definition) is 5. The molecule has 2 aromatic rings. The Morgan fingerprint density at radius 2 is 2.25 bits per heavy atom. The molecule has 8 nitrogen and oxygen atoms in total. The van der Waals surface area contributed by atoms with Gasteiger partial charge in [-0.2, -0.15) is 5.10 Å².